The highest BCUT2D eigenvalue weighted by Gasteiger charge is 2.37. The van der Waals surface area contributed by atoms with Crippen LogP contribution in [0.2, 0.25) is 0 Å². The van der Waals surface area contributed by atoms with Gasteiger partial charge in [-0.05, 0) is 69.2 Å². The van der Waals surface area contributed by atoms with Crippen molar-refractivity contribution in [2.24, 2.45) is 0 Å². The summed E-state index contributed by atoms with van der Waals surface area (Å²) in [6, 6.07) is 7.48. The minimum absolute atomic E-state index is 0.00770. The van der Waals surface area contributed by atoms with Gasteiger partial charge >= 0.3 is 0 Å². The van der Waals surface area contributed by atoms with E-state index >= 15 is 0 Å². The Morgan fingerprint density at radius 3 is 2.84 bits per heavy atom. The van der Waals surface area contributed by atoms with Crippen LogP contribution in [-0.4, -0.2) is 25.3 Å². The molecule has 1 aliphatic carbocycles. The van der Waals surface area contributed by atoms with E-state index in [-0.39, 0.29) is 5.60 Å². The summed E-state index contributed by atoms with van der Waals surface area (Å²) in [6.07, 6.45) is 7.30. The van der Waals surface area contributed by atoms with Crippen molar-refractivity contribution in [2.45, 2.75) is 57.1 Å². The molecule has 1 aromatic rings. The lowest BCUT2D eigenvalue weighted by Crippen LogP contribution is -2.48. The number of aryl methyl sites for hydroxylation is 2. The van der Waals surface area contributed by atoms with Gasteiger partial charge in [-0.15, -0.1) is 0 Å². The van der Waals surface area contributed by atoms with Gasteiger partial charge in [0.05, 0.1) is 5.60 Å². The fourth-order valence-electron chi connectivity index (χ4n) is 3.69. The zero-order chi connectivity index (χ0) is 13.3. The number of nitrogens with one attached hydrogen (secondary N) is 1. The fourth-order valence-corrected chi connectivity index (χ4v) is 3.69. The van der Waals surface area contributed by atoms with Crippen molar-refractivity contribution in [3.8, 4) is 0 Å². The molecule has 19 heavy (non-hydrogen) atoms. The Hall–Kier alpha value is -0.860. The molecular formula is C17H25NO. The maximum atomic E-state index is 6.00. The summed E-state index contributed by atoms with van der Waals surface area (Å²) in [6.45, 7) is 3.17. The first-order valence-electron chi connectivity index (χ1n) is 7.63. The van der Waals surface area contributed by atoms with E-state index in [1.54, 1.807) is 11.1 Å². The third kappa shape index (κ3) is 2.56. The van der Waals surface area contributed by atoms with Crippen LogP contribution in [-0.2, 0) is 24.0 Å². The summed E-state index contributed by atoms with van der Waals surface area (Å²) in [5, 5.41) is 3.48. The average molecular weight is 259 g/mol. The molecule has 0 bridgehead atoms. The molecule has 0 amide bonds. The summed E-state index contributed by atoms with van der Waals surface area (Å²) < 4.78 is 6.00. The van der Waals surface area contributed by atoms with E-state index in [2.05, 4.69) is 37.5 Å². The number of rotatable bonds is 4. The van der Waals surface area contributed by atoms with E-state index in [9.17, 15) is 0 Å². The van der Waals surface area contributed by atoms with Crippen LogP contribution in [0, 0.1) is 0 Å². The Balaban J connectivity index is 1.75. The molecular weight excluding hydrogens is 234 g/mol. The van der Waals surface area contributed by atoms with Crippen LogP contribution in [0.4, 0.5) is 0 Å². The van der Waals surface area contributed by atoms with Gasteiger partial charge in [0.15, 0.2) is 0 Å². The lowest BCUT2D eigenvalue weighted by atomic mass is 9.88. The number of ether oxygens (including phenoxy) is 1. The van der Waals surface area contributed by atoms with Crippen molar-refractivity contribution >= 4 is 0 Å². The molecule has 0 spiro atoms. The van der Waals surface area contributed by atoms with Gasteiger partial charge in [0.1, 0.15) is 0 Å². The predicted octanol–water partition coefficient (Wildman–Crippen LogP) is 2.87. The summed E-state index contributed by atoms with van der Waals surface area (Å²) >= 11 is 0. The number of fused-ring (bicyclic) bond motifs is 1. The monoisotopic (exact) mass is 259 g/mol. The van der Waals surface area contributed by atoms with Gasteiger partial charge in [-0.2, -0.15) is 0 Å². The highest BCUT2D eigenvalue weighted by atomic mass is 16.5. The van der Waals surface area contributed by atoms with Crippen LogP contribution < -0.4 is 5.32 Å². The highest BCUT2D eigenvalue weighted by Crippen LogP contribution is 2.31. The summed E-state index contributed by atoms with van der Waals surface area (Å²) in [5.74, 6) is 0. The van der Waals surface area contributed by atoms with Crippen molar-refractivity contribution in [1.82, 2.24) is 5.32 Å². The third-order valence-electron chi connectivity index (χ3n) is 4.94. The molecule has 1 aromatic carbocycles. The Bertz CT molecular complexity index is 449. The summed E-state index contributed by atoms with van der Waals surface area (Å²) in [4.78, 5) is 0. The van der Waals surface area contributed by atoms with Crippen LogP contribution in [0.1, 0.15) is 42.9 Å². The zero-order valence-corrected chi connectivity index (χ0v) is 12.2. The summed E-state index contributed by atoms with van der Waals surface area (Å²) in [5.41, 5.74) is 4.60. The Morgan fingerprint density at radius 2 is 2.11 bits per heavy atom. The smallest absolute Gasteiger partial charge is 0.0810 e. The van der Waals surface area contributed by atoms with E-state index < -0.39 is 0 Å². The molecule has 2 unspecified atom stereocenters. The van der Waals surface area contributed by atoms with Gasteiger partial charge < -0.3 is 10.1 Å². The Labute approximate surface area is 116 Å². The molecule has 1 saturated heterocycles. The second-order valence-electron chi connectivity index (χ2n) is 6.27. The van der Waals surface area contributed by atoms with E-state index in [0.717, 1.165) is 13.0 Å². The largest absolute Gasteiger partial charge is 0.374 e. The molecule has 0 saturated carbocycles. The lowest BCUT2D eigenvalue weighted by Gasteiger charge is -2.33. The first kappa shape index (κ1) is 13.1. The number of benzene rings is 1. The minimum atomic E-state index is 0.00770. The fraction of sp³-hybridized carbons (Fsp3) is 0.647. The SMILES string of the molecule is CNC(Cc1ccc2c(c1)CCC2)C1(C)CCCO1. The van der Waals surface area contributed by atoms with Crippen LogP contribution in [0.3, 0.4) is 0 Å². The van der Waals surface area contributed by atoms with Crippen molar-refractivity contribution in [3.05, 3.63) is 34.9 Å². The first-order chi connectivity index (χ1) is 9.21. The quantitative estimate of drug-likeness (QED) is 0.897. The Morgan fingerprint density at radius 1 is 1.26 bits per heavy atom. The van der Waals surface area contributed by atoms with Crippen molar-refractivity contribution in [1.29, 1.82) is 0 Å². The standard InChI is InChI=1S/C17H25NO/c1-17(9-4-10-19-17)16(18-2)12-13-7-8-14-5-3-6-15(14)11-13/h7-8,11,16,18H,3-6,9-10,12H2,1-2H3. The van der Waals surface area contributed by atoms with Gasteiger partial charge in [0, 0.05) is 12.6 Å². The van der Waals surface area contributed by atoms with Crippen molar-refractivity contribution < 1.29 is 4.74 Å². The second-order valence-corrected chi connectivity index (χ2v) is 6.27. The maximum absolute atomic E-state index is 6.00. The number of hydrogen-bond acceptors (Lipinski definition) is 2. The molecule has 2 atom stereocenters. The van der Waals surface area contributed by atoms with Gasteiger partial charge in [0.25, 0.3) is 0 Å². The van der Waals surface area contributed by atoms with E-state index in [1.807, 2.05) is 0 Å². The van der Waals surface area contributed by atoms with Crippen LogP contribution in [0.5, 0.6) is 0 Å². The molecule has 0 radical (unpaired) electrons. The molecule has 104 valence electrons. The van der Waals surface area contributed by atoms with E-state index in [0.29, 0.717) is 6.04 Å². The average Bonchev–Trinajstić information content (AvgIpc) is 3.04. The molecule has 2 heteroatoms. The number of likely N-dealkylation sites (N-methyl/N-ethyl adjacent to an activating group) is 1. The molecule has 1 aliphatic heterocycles. The molecule has 1 fully saturated rings. The normalized spacial score (nSPS) is 27.5. The van der Waals surface area contributed by atoms with Crippen LogP contribution in [0.15, 0.2) is 18.2 Å². The van der Waals surface area contributed by atoms with Gasteiger partial charge in [-0.3, -0.25) is 0 Å². The predicted molar refractivity (Wildman–Crippen MR) is 78.6 cm³/mol. The van der Waals surface area contributed by atoms with Crippen LogP contribution in [0.25, 0.3) is 0 Å². The minimum Gasteiger partial charge on any atom is -0.374 e. The first-order valence-corrected chi connectivity index (χ1v) is 7.63. The van der Waals surface area contributed by atoms with Crippen molar-refractivity contribution in [3.63, 3.8) is 0 Å². The van der Waals surface area contributed by atoms with Gasteiger partial charge in [-0.25, -0.2) is 0 Å². The highest BCUT2D eigenvalue weighted by molar-refractivity contribution is 5.35. The molecule has 0 aromatic heterocycles. The topological polar surface area (TPSA) is 21.3 Å². The molecule has 2 nitrogen and oxygen atoms in total. The number of hydrogen-bond donors (Lipinski definition) is 1. The molecule has 3 rings (SSSR count). The van der Waals surface area contributed by atoms with Crippen LogP contribution >= 0.6 is 0 Å². The maximum Gasteiger partial charge on any atom is 0.0810 e. The third-order valence-corrected chi connectivity index (χ3v) is 4.94. The lowest BCUT2D eigenvalue weighted by molar-refractivity contribution is -0.00943. The van der Waals surface area contributed by atoms with E-state index in [4.69, 9.17) is 4.74 Å². The zero-order valence-electron chi connectivity index (χ0n) is 12.2. The molecule has 1 heterocycles. The van der Waals surface area contributed by atoms with Gasteiger partial charge in [-0.1, -0.05) is 18.2 Å². The molecule has 1 N–H and O–H groups in total. The second kappa shape index (κ2) is 5.26. The van der Waals surface area contributed by atoms with E-state index in [1.165, 1.54) is 37.7 Å². The Kier molecular flexibility index (Phi) is 3.64. The molecule has 2 aliphatic rings. The van der Waals surface area contributed by atoms with Gasteiger partial charge in [0.2, 0.25) is 0 Å². The van der Waals surface area contributed by atoms with Crippen molar-refractivity contribution in [2.75, 3.05) is 13.7 Å². The summed E-state index contributed by atoms with van der Waals surface area (Å²) in [7, 11) is 2.06.